The van der Waals surface area contributed by atoms with Gasteiger partial charge in [-0.15, -0.1) is 0 Å². The first kappa shape index (κ1) is 23.2. The van der Waals surface area contributed by atoms with Crippen molar-refractivity contribution >= 4 is 23.5 Å². The van der Waals surface area contributed by atoms with E-state index in [0.29, 0.717) is 32.1 Å². The number of aromatic nitrogens is 2. The van der Waals surface area contributed by atoms with Gasteiger partial charge in [0.15, 0.2) is 11.6 Å². The van der Waals surface area contributed by atoms with E-state index >= 15 is 0 Å². The number of anilines is 1. The lowest BCUT2D eigenvalue weighted by Crippen LogP contribution is -2.56. The number of ether oxygens (including phenoxy) is 1. The van der Waals surface area contributed by atoms with Gasteiger partial charge in [-0.25, -0.2) is 14.8 Å². The highest BCUT2D eigenvalue weighted by molar-refractivity contribution is 5.89. The number of aliphatic imine (C=N–C) groups is 1. The van der Waals surface area contributed by atoms with Crippen molar-refractivity contribution in [3.8, 4) is 11.4 Å². The molecule has 0 saturated heterocycles. The molecule has 0 fully saturated rings. The van der Waals surface area contributed by atoms with E-state index in [1.54, 1.807) is 0 Å². The summed E-state index contributed by atoms with van der Waals surface area (Å²) in [6.07, 6.45) is 9.51. The molecule has 2 aromatic rings. The van der Waals surface area contributed by atoms with E-state index < -0.39 is 5.79 Å². The number of benzene rings is 1. The number of urea groups is 1. The minimum Gasteiger partial charge on any atom is -0.377 e. The van der Waals surface area contributed by atoms with Crippen LogP contribution in [-0.2, 0) is 17.7 Å². The summed E-state index contributed by atoms with van der Waals surface area (Å²) in [5.74, 6) is 0.185. The first-order valence-corrected chi connectivity index (χ1v) is 12.1. The smallest absolute Gasteiger partial charge is 0.319 e. The standard InChI is InChI=1S/C26H31N7O2/c1-3-27-25(34)30-20-7-5-19(6-8-20)24-31-22-17-33(26(2)28-12-4-13-29-26)14-9-21(22)23(32-24)18-10-15-35-16-11-18/h4-8,10,12-13,28H,3,9,11,14-17H2,1-2H3,(H2,27,30,34). The third kappa shape index (κ3) is 4.96. The van der Waals surface area contributed by atoms with Gasteiger partial charge >= 0.3 is 6.03 Å². The minimum absolute atomic E-state index is 0.221. The monoisotopic (exact) mass is 473 g/mol. The van der Waals surface area contributed by atoms with E-state index in [0.717, 1.165) is 42.0 Å². The Morgan fingerprint density at radius 1 is 1.23 bits per heavy atom. The molecule has 1 atom stereocenters. The lowest BCUT2D eigenvalue weighted by atomic mass is 9.95. The molecule has 5 rings (SSSR count). The van der Waals surface area contributed by atoms with Gasteiger partial charge < -0.3 is 20.7 Å². The first-order valence-electron chi connectivity index (χ1n) is 12.1. The number of nitrogens with zero attached hydrogens (tertiary/aromatic N) is 4. The van der Waals surface area contributed by atoms with E-state index in [-0.39, 0.29) is 6.03 Å². The highest BCUT2D eigenvalue weighted by atomic mass is 16.5. The summed E-state index contributed by atoms with van der Waals surface area (Å²) in [5, 5.41) is 8.96. The van der Waals surface area contributed by atoms with Crippen LogP contribution in [0.4, 0.5) is 10.5 Å². The number of carbonyl (C=O) groups is 1. The molecular formula is C26H31N7O2. The second kappa shape index (κ2) is 9.97. The quantitative estimate of drug-likeness (QED) is 0.616. The highest BCUT2D eigenvalue weighted by Gasteiger charge is 2.35. The number of carbonyl (C=O) groups excluding carboxylic acids is 1. The zero-order valence-corrected chi connectivity index (χ0v) is 20.2. The lowest BCUT2D eigenvalue weighted by molar-refractivity contribution is 0.0745. The molecule has 1 aromatic carbocycles. The van der Waals surface area contributed by atoms with Gasteiger partial charge in [0.05, 0.1) is 24.6 Å². The molecule has 0 bridgehead atoms. The van der Waals surface area contributed by atoms with Gasteiger partial charge in [0.25, 0.3) is 0 Å². The second-order valence-corrected chi connectivity index (χ2v) is 8.91. The number of hydrogen-bond acceptors (Lipinski definition) is 7. The Hall–Kier alpha value is -3.56. The average molecular weight is 474 g/mol. The van der Waals surface area contributed by atoms with E-state index in [1.807, 2.05) is 49.7 Å². The topological polar surface area (TPSA) is 104 Å². The second-order valence-electron chi connectivity index (χ2n) is 8.91. The fraction of sp³-hybridized carbons (Fsp3) is 0.385. The van der Waals surface area contributed by atoms with Crippen molar-refractivity contribution < 1.29 is 9.53 Å². The summed E-state index contributed by atoms with van der Waals surface area (Å²) >= 11 is 0. The molecule has 0 radical (unpaired) electrons. The third-order valence-electron chi connectivity index (χ3n) is 6.55. The summed E-state index contributed by atoms with van der Waals surface area (Å²) in [5.41, 5.74) is 6.12. The highest BCUT2D eigenvalue weighted by Crippen LogP contribution is 2.33. The largest absolute Gasteiger partial charge is 0.377 e. The molecule has 3 aliphatic rings. The maximum atomic E-state index is 11.8. The third-order valence-corrected chi connectivity index (χ3v) is 6.55. The first-order chi connectivity index (χ1) is 17.1. The van der Waals surface area contributed by atoms with Gasteiger partial charge in [-0.05, 0) is 62.6 Å². The van der Waals surface area contributed by atoms with Crippen molar-refractivity contribution in [3.63, 3.8) is 0 Å². The van der Waals surface area contributed by atoms with Crippen LogP contribution in [0, 0.1) is 0 Å². The normalized spacial score (nSPS) is 21.6. The molecule has 0 aliphatic carbocycles. The summed E-state index contributed by atoms with van der Waals surface area (Å²) in [6, 6.07) is 7.43. The molecule has 3 aliphatic heterocycles. The average Bonchev–Trinajstić information content (AvgIpc) is 2.89. The van der Waals surface area contributed by atoms with Crippen LogP contribution in [0.1, 0.15) is 37.2 Å². The maximum absolute atomic E-state index is 11.8. The molecule has 182 valence electrons. The summed E-state index contributed by atoms with van der Waals surface area (Å²) in [7, 11) is 0. The van der Waals surface area contributed by atoms with Gasteiger partial charge in [0.2, 0.25) is 0 Å². The fourth-order valence-corrected chi connectivity index (χ4v) is 4.62. The number of nitrogens with one attached hydrogen (secondary N) is 3. The number of amides is 2. The fourth-order valence-electron chi connectivity index (χ4n) is 4.62. The van der Waals surface area contributed by atoms with Crippen molar-refractivity contribution in [2.24, 2.45) is 4.99 Å². The van der Waals surface area contributed by atoms with Crippen LogP contribution in [0.5, 0.6) is 0 Å². The van der Waals surface area contributed by atoms with E-state index in [9.17, 15) is 4.79 Å². The number of allylic oxidation sites excluding steroid dienone is 1. The van der Waals surface area contributed by atoms with Crippen LogP contribution in [-0.4, -0.2) is 59.2 Å². The van der Waals surface area contributed by atoms with Gasteiger partial charge in [-0.2, -0.15) is 0 Å². The molecule has 9 heteroatoms. The Morgan fingerprint density at radius 3 is 2.80 bits per heavy atom. The van der Waals surface area contributed by atoms with Gasteiger partial charge in [0, 0.05) is 48.9 Å². The van der Waals surface area contributed by atoms with Crippen molar-refractivity contribution in [3.05, 3.63) is 59.6 Å². The van der Waals surface area contributed by atoms with Crippen LogP contribution in [0.25, 0.3) is 17.0 Å². The van der Waals surface area contributed by atoms with Crippen LogP contribution < -0.4 is 16.0 Å². The van der Waals surface area contributed by atoms with Crippen LogP contribution >= 0.6 is 0 Å². The van der Waals surface area contributed by atoms with Crippen molar-refractivity contribution in [2.45, 2.75) is 39.0 Å². The van der Waals surface area contributed by atoms with E-state index in [1.165, 1.54) is 11.1 Å². The van der Waals surface area contributed by atoms with Crippen molar-refractivity contribution in [1.82, 2.24) is 25.5 Å². The van der Waals surface area contributed by atoms with Crippen LogP contribution in [0.3, 0.4) is 0 Å². The van der Waals surface area contributed by atoms with Crippen molar-refractivity contribution in [2.75, 3.05) is 31.6 Å². The minimum atomic E-state index is -0.498. The molecule has 4 heterocycles. The van der Waals surface area contributed by atoms with Crippen LogP contribution in [0.15, 0.2) is 47.6 Å². The summed E-state index contributed by atoms with van der Waals surface area (Å²) in [4.78, 5) is 28.9. The van der Waals surface area contributed by atoms with E-state index in [4.69, 9.17) is 14.7 Å². The predicted octanol–water partition coefficient (Wildman–Crippen LogP) is 3.31. The van der Waals surface area contributed by atoms with E-state index in [2.05, 4.69) is 38.8 Å². The Balaban J connectivity index is 1.49. The number of rotatable bonds is 5. The molecule has 2 amide bonds. The zero-order valence-electron chi connectivity index (χ0n) is 20.2. The molecular weight excluding hydrogens is 442 g/mol. The van der Waals surface area contributed by atoms with Crippen molar-refractivity contribution in [1.29, 1.82) is 0 Å². The molecule has 0 spiro atoms. The number of fused-ring (bicyclic) bond motifs is 1. The molecule has 3 N–H and O–H groups in total. The zero-order chi connectivity index (χ0) is 24.3. The maximum Gasteiger partial charge on any atom is 0.319 e. The Labute approximate surface area is 205 Å². The Morgan fingerprint density at radius 2 is 2.09 bits per heavy atom. The molecule has 0 saturated carbocycles. The van der Waals surface area contributed by atoms with Crippen LogP contribution in [0.2, 0.25) is 0 Å². The molecule has 9 nitrogen and oxygen atoms in total. The Kier molecular flexibility index (Phi) is 6.61. The lowest BCUT2D eigenvalue weighted by Gasteiger charge is -2.41. The number of hydrogen-bond donors (Lipinski definition) is 3. The van der Waals surface area contributed by atoms with Gasteiger partial charge in [-0.3, -0.25) is 9.89 Å². The van der Waals surface area contributed by atoms with Gasteiger partial charge in [0.1, 0.15) is 0 Å². The molecule has 35 heavy (non-hydrogen) atoms. The molecule has 1 unspecified atom stereocenters. The van der Waals surface area contributed by atoms with Gasteiger partial charge in [-0.1, -0.05) is 6.08 Å². The SMILES string of the molecule is CCNC(=O)Nc1ccc(-c2nc3c(c(C4=CCOCC4)n2)CCN(C2(C)N=CC=CN2)C3)cc1. The predicted molar refractivity (Wildman–Crippen MR) is 137 cm³/mol. The Bertz CT molecular complexity index is 1190. The summed E-state index contributed by atoms with van der Waals surface area (Å²) < 4.78 is 5.55. The molecule has 1 aromatic heterocycles. The summed E-state index contributed by atoms with van der Waals surface area (Å²) in [6.45, 7) is 7.39.